The van der Waals surface area contributed by atoms with Gasteiger partial charge in [0.05, 0.1) is 23.4 Å². The van der Waals surface area contributed by atoms with Gasteiger partial charge in [-0.25, -0.2) is 9.59 Å². The summed E-state index contributed by atoms with van der Waals surface area (Å²) in [5.74, 6) is -0.802. The number of aromatic nitrogens is 2. The number of nitrogens with one attached hydrogen (secondary N) is 1. The third kappa shape index (κ3) is 4.41. The molecule has 0 aliphatic carbocycles. The van der Waals surface area contributed by atoms with Gasteiger partial charge in [0.2, 0.25) is 5.91 Å². The Labute approximate surface area is 184 Å². The molecule has 7 nitrogen and oxygen atoms in total. The van der Waals surface area contributed by atoms with Crippen LogP contribution in [-0.2, 0) is 16.1 Å². The number of ether oxygens (including phenoxy) is 1. The molecule has 32 heavy (non-hydrogen) atoms. The molecule has 1 heterocycles. The van der Waals surface area contributed by atoms with Gasteiger partial charge in [0.15, 0.2) is 0 Å². The Kier molecular flexibility index (Phi) is 6.07. The van der Waals surface area contributed by atoms with Crippen LogP contribution in [0.25, 0.3) is 22.2 Å². The molecule has 0 aliphatic heterocycles. The molecule has 0 saturated carbocycles. The van der Waals surface area contributed by atoms with Crippen LogP contribution in [0.2, 0.25) is 0 Å². The van der Waals surface area contributed by atoms with Gasteiger partial charge in [-0.3, -0.25) is 9.36 Å². The number of esters is 1. The maximum atomic E-state index is 12.8. The van der Waals surface area contributed by atoms with Crippen molar-refractivity contribution in [3.8, 4) is 11.3 Å². The number of hydrogen-bond acceptors (Lipinski definition) is 5. The lowest BCUT2D eigenvalue weighted by molar-refractivity contribution is -0.116. The highest BCUT2D eigenvalue weighted by atomic mass is 16.5. The third-order valence-electron chi connectivity index (χ3n) is 4.92. The molecule has 0 unspecified atom stereocenters. The lowest BCUT2D eigenvalue weighted by Gasteiger charge is -2.13. The zero-order chi connectivity index (χ0) is 22.5. The normalized spacial score (nSPS) is 10.7. The van der Waals surface area contributed by atoms with Crippen molar-refractivity contribution in [3.05, 3.63) is 94.9 Å². The van der Waals surface area contributed by atoms with Crippen LogP contribution < -0.4 is 11.0 Å². The van der Waals surface area contributed by atoms with Crippen molar-refractivity contribution in [2.45, 2.75) is 13.5 Å². The van der Waals surface area contributed by atoms with Crippen molar-refractivity contribution in [2.75, 3.05) is 11.9 Å². The number of para-hydroxylation sites is 1. The van der Waals surface area contributed by atoms with Gasteiger partial charge in [-0.05, 0) is 37.3 Å². The average Bonchev–Trinajstić information content (AvgIpc) is 2.82. The molecule has 7 heteroatoms. The van der Waals surface area contributed by atoms with Gasteiger partial charge in [0, 0.05) is 16.6 Å². The molecule has 0 saturated heterocycles. The maximum Gasteiger partial charge on any atom is 0.349 e. The minimum absolute atomic E-state index is 0.193. The van der Waals surface area contributed by atoms with Crippen LogP contribution in [0.1, 0.15) is 17.3 Å². The fourth-order valence-electron chi connectivity index (χ4n) is 3.45. The van der Waals surface area contributed by atoms with E-state index in [2.05, 4.69) is 10.3 Å². The Balaban J connectivity index is 1.60. The number of nitrogens with zero attached hydrogens (tertiary/aromatic N) is 2. The van der Waals surface area contributed by atoms with Crippen LogP contribution in [0.15, 0.2) is 83.7 Å². The molecule has 0 radical (unpaired) electrons. The minimum Gasteiger partial charge on any atom is -0.462 e. The van der Waals surface area contributed by atoms with Gasteiger partial charge >= 0.3 is 11.7 Å². The zero-order valence-corrected chi connectivity index (χ0v) is 17.4. The van der Waals surface area contributed by atoms with E-state index in [9.17, 15) is 14.4 Å². The van der Waals surface area contributed by atoms with E-state index in [1.165, 1.54) is 4.57 Å². The van der Waals surface area contributed by atoms with Crippen molar-refractivity contribution in [3.63, 3.8) is 0 Å². The molecule has 0 fully saturated rings. The summed E-state index contributed by atoms with van der Waals surface area (Å²) in [5, 5.41) is 3.53. The van der Waals surface area contributed by atoms with E-state index in [-0.39, 0.29) is 19.1 Å². The molecule has 4 aromatic rings. The van der Waals surface area contributed by atoms with E-state index in [0.717, 1.165) is 10.9 Å². The van der Waals surface area contributed by atoms with E-state index < -0.39 is 11.7 Å². The molecule has 1 amide bonds. The molecule has 3 aromatic carbocycles. The van der Waals surface area contributed by atoms with Crippen LogP contribution in [0.3, 0.4) is 0 Å². The fourth-order valence-corrected chi connectivity index (χ4v) is 3.45. The van der Waals surface area contributed by atoms with Crippen LogP contribution in [0.5, 0.6) is 0 Å². The summed E-state index contributed by atoms with van der Waals surface area (Å²) >= 11 is 0. The van der Waals surface area contributed by atoms with Crippen LogP contribution >= 0.6 is 0 Å². The Hall–Kier alpha value is -4.26. The van der Waals surface area contributed by atoms with Gasteiger partial charge in [0.25, 0.3) is 0 Å². The number of anilines is 1. The van der Waals surface area contributed by atoms with Crippen LogP contribution in [-0.4, -0.2) is 28.0 Å². The SMILES string of the molecule is CCOC(=O)c1ccc(NC(=O)Cn2c(=O)nc(-c3ccccc3)c3ccccc32)cc1. The highest BCUT2D eigenvalue weighted by Gasteiger charge is 2.14. The lowest BCUT2D eigenvalue weighted by atomic mass is 10.1. The zero-order valence-electron chi connectivity index (χ0n) is 17.4. The number of fused-ring (bicyclic) bond motifs is 1. The first-order chi connectivity index (χ1) is 15.6. The van der Waals surface area contributed by atoms with E-state index >= 15 is 0 Å². The minimum atomic E-state index is -0.504. The highest BCUT2D eigenvalue weighted by molar-refractivity contribution is 5.95. The first-order valence-electron chi connectivity index (χ1n) is 10.2. The van der Waals surface area contributed by atoms with Gasteiger partial charge in [-0.2, -0.15) is 4.98 Å². The third-order valence-corrected chi connectivity index (χ3v) is 4.92. The highest BCUT2D eigenvalue weighted by Crippen LogP contribution is 2.25. The summed E-state index contributed by atoms with van der Waals surface area (Å²) in [7, 11) is 0. The second-order valence-corrected chi connectivity index (χ2v) is 7.06. The van der Waals surface area contributed by atoms with Gasteiger partial charge in [0.1, 0.15) is 6.54 Å². The molecular weight excluding hydrogens is 406 g/mol. The van der Waals surface area contributed by atoms with Crippen molar-refractivity contribution in [1.82, 2.24) is 9.55 Å². The predicted octanol–water partition coefficient (Wildman–Crippen LogP) is 3.88. The standard InChI is InChI=1S/C25H21N3O4/c1-2-32-24(30)18-12-14-19(15-13-18)26-22(29)16-28-21-11-7-6-10-20(21)23(27-25(28)31)17-8-4-3-5-9-17/h3-15H,2,16H2,1H3,(H,26,29). The fraction of sp³-hybridized carbons (Fsp3) is 0.120. The summed E-state index contributed by atoms with van der Waals surface area (Å²) in [6.07, 6.45) is 0. The number of benzene rings is 3. The summed E-state index contributed by atoms with van der Waals surface area (Å²) in [6, 6.07) is 23.2. The number of carbonyl (C=O) groups excluding carboxylic acids is 2. The molecule has 4 rings (SSSR count). The van der Waals surface area contributed by atoms with E-state index in [1.807, 2.05) is 48.5 Å². The van der Waals surface area contributed by atoms with Crippen molar-refractivity contribution in [1.29, 1.82) is 0 Å². The second-order valence-electron chi connectivity index (χ2n) is 7.06. The van der Waals surface area contributed by atoms with Crippen molar-refractivity contribution >= 4 is 28.5 Å². The summed E-state index contributed by atoms with van der Waals surface area (Å²) in [4.78, 5) is 41.5. The summed E-state index contributed by atoms with van der Waals surface area (Å²) in [6.45, 7) is 1.83. The molecule has 160 valence electrons. The van der Waals surface area contributed by atoms with Gasteiger partial charge in [-0.15, -0.1) is 0 Å². The van der Waals surface area contributed by atoms with Crippen LogP contribution in [0.4, 0.5) is 5.69 Å². The molecule has 1 N–H and O–H groups in total. The predicted molar refractivity (Wildman–Crippen MR) is 122 cm³/mol. The molecule has 0 aliphatic rings. The average molecular weight is 427 g/mol. The quantitative estimate of drug-likeness (QED) is 0.472. The first kappa shape index (κ1) is 21.0. The molecule has 1 aromatic heterocycles. The molecular formula is C25H21N3O4. The topological polar surface area (TPSA) is 90.3 Å². The van der Waals surface area contributed by atoms with Gasteiger partial charge in [-0.1, -0.05) is 48.5 Å². The first-order valence-corrected chi connectivity index (χ1v) is 10.2. The largest absolute Gasteiger partial charge is 0.462 e. The second kappa shape index (κ2) is 9.26. The Bertz CT molecular complexity index is 1330. The van der Waals surface area contributed by atoms with Crippen LogP contribution in [0, 0.1) is 0 Å². The molecule has 0 atom stereocenters. The monoisotopic (exact) mass is 427 g/mol. The van der Waals surface area contributed by atoms with Crippen molar-refractivity contribution in [2.24, 2.45) is 0 Å². The molecule has 0 bridgehead atoms. The van der Waals surface area contributed by atoms with Gasteiger partial charge < -0.3 is 10.1 Å². The van der Waals surface area contributed by atoms with E-state index in [1.54, 1.807) is 37.3 Å². The smallest absolute Gasteiger partial charge is 0.349 e. The Morgan fingerprint density at radius 3 is 2.34 bits per heavy atom. The summed E-state index contributed by atoms with van der Waals surface area (Å²) in [5.41, 5.74) is 2.44. The van der Waals surface area contributed by atoms with Crippen molar-refractivity contribution < 1.29 is 14.3 Å². The number of hydrogen-bond donors (Lipinski definition) is 1. The number of amides is 1. The molecule has 0 spiro atoms. The maximum absolute atomic E-state index is 12.8. The summed E-state index contributed by atoms with van der Waals surface area (Å²) < 4.78 is 6.30. The Morgan fingerprint density at radius 1 is 0.938 bits per heavy atom. The lowest BCUT2D eigenvalue weighted by Crippen LogP contribution is -2.30. The van der Waals surface area contributed by atoms with E-state index in [0.29, 0.717) is 22.5 Å². The number of rotatable bonds is 6. The number of carbonyl (C=O) groups is 2. The van der Waals surface area contributed by atoms with E-state index in [4.69, 9.17) is 4.74 Å². The Morgan fingerprint density at radius 2 is 1.62 bits per heavy atom.